The van der Waals surface area contributed by atoms with Crippen LogP contribution < -0.4 is 29.6 Å². The van der Waals surface area contributed by atoms with Crippen molar-refractivity contribution in [1.29, 1.82) is 0 Å². The van der Waals surface area contributed by atoms with Gasteiger partial charge < -0.3 is 29.6 Å². The number of carbonyl (C=O) groups is 3. The first-order valence-corrected chi connectivity index (χ1v) is 12.5. The molecule has 3 aromatic carbocycles. The first-order chi connectivity index (χ1) is 18.9. The summed E-state index contributed by atoms with van der Waals surface area (Å²) in [6, 6.07) is 18.0. The topological polar surface area (TPSA) is 115 Å². The average Bonchev–Trinajstić information content (AvgIpc) is 3.20. The highest BCUT2D eigenvalue weighted by Crippen LogP contribution is 2.37. The smallest absolute Gasteiger partial charge is 0.326 e. The summed E-state index contributed by atoms with van der Waals surface area (Å²) < 4.78 is 21.7. The van der Waals surface area contributed by atoms with Crippen LogP contribution in [0, 0.1) is 0 Å². The third kappa shape index (κ3) is 5.45. The fourth-order valence-corrected chi connectivity index (χ4v) is 4.43. The Kier molecular flexibility index (Phi) is 8.24. The van der Waals surface area contributed by atoms with E-state index in [9.17, 15) is 14.4 Å². The number of nitrogens with one attached hydrogen (secondary N) is 2. The van der Waals surface area contributed by atoms with Crippen LogP contribution in [0.3, 0.4) is 0 Å². The maximum absolute atomic E-state index is 14.0. The molecule has 2 N–H and O–H groups in total. The molecule has 0 spiro atoms. The van der Waals surface area contributed by atoms with Gasteiger partial charge in [0, 0.05) is 11.8 Å². The molecule has 4 rings (SSSR count). The predicted octanol–water partition coefficient (Wildman–Crippen LogP) is 3.94. The normalized spacial score (nSPS) is 14.0. The number of carbonyl (C=O) groups excluding carboxylic acids is 3. The molecule has 1 aliphatic rings. The maximum Gasteiger partial charge on any atom is 0.326 e. The third-order valence-electron chi connectivity index (χ3n) is 6.28. The van der Waals surface area contributed by atoms with Crippen molar-refractivity contribution in [2.75, 3.05) is 39.3 Å². The lowest BCUT2D eigenvalue weighted by atomic mass is 9.82. The largest absolute Gasteiger partial charge is 0.497 e. The molecule has 1 heterocycles. The molecule has 0 atom stereocenters. The molecule has 0 bridgehead atoms. The van der Waals surface area contributed by atoms with Gasteiger partial charge in [-0.05, 0) is 61.4 Å². The van der Waals surface area contributed by atoms with E-state index >= 15 is 0 Å². The average molecular weight is 534 g/mol. The highest BCUT2D eigenvalue weighted by atomic mass is 16.5. The van der Waals surface area contributed by atoms with Crippen LogP contribution in [0.2, 0.25) is 0 Å². The molecule has 3 aromatic rings. The summed E-state index contributed by atoms with van der Waals surface area (Å²) in [6.45, 7) is 4.09. The molecule has 0 unspecified atom stereocenters. The van der Waals surface area contributed by atoms with E-state index in [1.807, 2.05) is 13.8 Å². The summed E-state index contributed by atoms with van der Waals surface area (Å²) in [5.41, 5.74) is -0.0716. The maximum atomic E-state index is 14.0. The molecule has 0 radical (unpaired) electrons. The number of rotatable bonds is 11. The number of methoxy groups -OCH3 is 2. The predicted molar refractivity (Wildman–Crippen MR) is 144 cm³/mol. The number of amides is 4. The van der Waals surface area contributed by atoms with E-state index in [4.69, 9.17) is 18.9 Å². The fourth-order valence-electron chi connectivity index (χ4n) is 4.43. The Morgan fingerprint density at radius 3 is 1.87 bits per heavy atom. The van der Waals surface area contributed by atoms with E-state index < -0.39 is 29.9 Å². The zero-order valence-corrected chi connectivity index (χ0v) is 22.3. The van der Waals surface area contributed by atoms with Gasteiger partial charge in [0.1, 0.15) is 18.0 Å². The van der Waals surface area contributed by atoms with Crippen molar-refractivity contribution < 1.29 is 33.3 Å². The molecule has 0 saturated carbocycles. The quantitative estimate of drug-likeness (QED) is 0.359. The van der Waals surface area contributed by atoms with Crippen LogP contribution in [-0.2, 0) is 15.1 Å². The zero-order chi connectivity index (χ0) is 28.0. The van der Waals surface area contributed by atoms with Crippen molar-refractivity contribution in [3.63, 3.8) is 0 Å². The van der Waals surface area contributed by atoms with Crippen LogP contribution in [0.1, 0.15) is 25.0 Å². The van der Waals surface area contributed by atoms with Crippen molar-refractivity contribution in [2.24, 2.45) is 0 Å². The molecule has 204 valence electrons. The van der Waals surface area contributed by atoms with Gasteiger partial charge in [0.25, 0.3) is 5.91 Å². The molecule has 10 nitrogen and oxygen atoms in total. The van der Waals surface area contributed by atoms with Crippen molar-refractivity contribution in [1.82, 2.24) is 10.2 Å². The molecular formula is C29H31N3O7. The number of urea groups is 1. The summed E-state index contributed by atoms with van der Waals surface area (Å²) in [7, 11) is 3.08. The number of hydrogen-bond acceptors (Lipinski definition) is 7. The van der Waals surface area contributed by atoms with Crippen molar-refractivity contribution in [3.8, 4) is 23.0 Å². The van der Waals surface area contributed by atoms with E-state index in [1.54, 1.807) is 80.9 Å². The highest BCUT2D eigenvalue weighted by molar-refractivity contribution is 6.12. The molecule has 0 aromatic heterocycles. The fraction of sp³-hybridized carbons (Fsp3) is 0.276. The van der Waals surface area contributed by atoms with Gasteiger partial charge in [0.05, 0.1) is 27.4 Å². The number of anilines is 1. The molecule has 1 saturated heterocycles. The van der Waals surface area contributed by atoms with Crippen LogP contribution in [0.25, 0.3) is 0 Å². The second-order valence-corrected chi connectivity index (χ2v) is 8.60. The lowest BCUT2D eigenvalue weighted by Crippen LogP contribution is -2.45. The Balaban J connectivity index is 1.62. The first-order valence-electron chi connectivity index (χ1n) is 12.5. The number of imide groups is 1. The van der Waals surface area contributed by atoms with Gasteiger partial charge in [0.15, 0.2) is 17.0 Å². The Bertz CT molecular complexity index is 1290. The van der Waals surface area contributed by atoms with Gasteiger partial charge in [0.2, 0.25) is 5.91 Å². The van der Waals surface area contributed by atoms with Gasteiger partial charge in [-0.15, -0.1) is 0 Å². The Morgan fingerprint density at radius 1 is 0.821 bits per heavy atom. The summed E-state index contributed by atoms with van der Waals surface area (Å²) >= 11 is 0. The molecule has 39 heavy (non-hydrogen) atoms. The van der Waals surface area contributed by atoms with Gasteiger partial charge in [-0.3, -0.25) is 14.5 Å². The van der Waals surface area contributed by atoms with Gasteiger partial charge in [-0.2, -0.15) is 0 Å². The monoisotopic (exact) mass is 533 g/mol. The lowest BCUT2D eigenvalue weighted by Gasteiger charge is -2.28. The molecule has 0 aliphatic carbocycles. The van der Waals surface area contributed by atoms with Crippen LogP contribution >= 0.6 is 0 Å². The number of ether oxygens (including phenoxy) is 4. The Labute approximate surface area is 226 Å². The SMILES string of the molecule is CCOc1ccc(NC(=O)CN2C(=O)NC(c3ccc(OC)cc3)(c3ccc(OC)cc3)C2=O)cc1OCC. The lowest BCUT2D eigenvalue weighted by molar-refractivity contribution is -0.133. The number of benzene rings is 3. The van der Waals surface area contributed by atoms with E-state index in [2.05, 4.69) is 10.6 Å². The van der Waals surface area contributed by atoms with Crippen molar-refractivity contribution in [2.45, 2.75) is 19.4 Å². The van der Waals surface area contributed by atoms with Crippen LogP contribution in [-0.4, -0.2) is 56.7 Å². The molecular weight excluding hydrogens is 502 g/mol. The molecule has 10 heteroatoms. The summed E-state index contributed by atoms with van der Waals surface area (Å²) in [5.74, 6) is 1.09. The van der Waals surface area contributed by atoms with E-state index in [1.165, 1.54) is 0 Å². The molecule has 4 amide bonds. The number of hydrogen-bond donors (Lipinski definition) is 2. The van der Waals surface area contributed by atoms with Gasteiger partial charge in [-0.25, -0.2) is 4.79 Å². The van der Waals surface area contributed by atoms with Crippen LogP contribution in [0.5, 0.6) is 23.0 Å². The summed E-state index contributed by atoms with van der Waals surface area (Å²) in [4.78, 5) is 41.0. The molecule has 1 fully saturated rings. The minimum atomic E-state index is -1.54. The first kappa shape index (κ1) is 27.3. The van der Waals surface area contributed by atoms with Crippen molar-refractivity contribution >= 4 is 23.5 Å². The van der Waals surface area contributed by atoms with Crippen LogP contribution in [0.4, 0.5) is 10.5 Å². The molecule has 1 aliphatic heterocycles. The van der Waals surface area contributed by atoms with E-state index in [0.29, 0.717) is 53.0 Å². The number of nitrogens with zero attached hydrogens (tertiary/aromatic N) is 1. The Morgan fingerprint density at radius 2 is 1.36 bits per heavy atom. The second-order valence-electron chi connectivity index (χ2n) is 8.60. The Hall–Kier alpha value is -4.73. The van der Waals surface area contributed by atoms with Crippen LogP contribution in [0.15, 0.2) is 66.7 Å². The third-order valence-corrected chi connectivity index (χ3v) is 6.28. The minimum absolute atomic E-state index is 0.415. The minimum Gasteiger partial charge on any atom is -0.497 e. The van der Waals surface area contributed by atoms with Gasteiger partial charge in [-0.1, -0.05) is 24.3 Å². The van der Waals surface area contributed by atoms with Crippen molar-refractivity contribution in [3.05, 3.63) is 77.9 Å². The summed E-state index contributed by atoms with van der Waals surface area (Å²) in [5, 5.41) is 5.56. The van der Waals surface area contributed by atoms with Gasteiger partial charge >= 0.3 is 6.03 Å². The zero-order valence-electron chi connectivity index (χ0n) is 22.3. The second kappa shape index (κ2) is 11.8. The van der Waals surface area contributed by atoms with E-state index in [-0.39, 0.29) is 0 Å². The summed E-state index contributed by atoms with van der Waals surface area (Å²) in [6.07, 6.45) is 0. The highest BCUT2D eigenvalue weighted by Gasteiger charge is 2.54. The standard InChI is InChI=1S/C29H31N3O7/c1-5-38-24-16-11-21(17-25(24)39-6-2)30-26(33)18-32-27(34)29(31-28(32)35,19-7-12-22(36-3)13-8-19)20-9-14-23(37-4)15-10-20/h7-17H,5-6,18H2,1-4H3,(H,30,33)(H,31,35). The van der Waals surface area contributed by atoms with E-state index in [0.717, 1.165) is 4.90 Å².